The zero-order valence-corrected chi connectivity index (χ0v) is 12.0. The fraction of sp³-hybridized carbons (Fsp3) is 0.786. The summed E-state index contributed by atoms with van der Waals surface area (Å²) < 4.78 is 7.78. The molecule has 1 atom stereocenters. The van der Waals surface area contributed by atoms with E-state index in [4.69, 9.17) is 4.74 Å². The molecule has 0 amide bonds. The number of fused-ring (bicyclic) bond motifs is 1. The third-order valence-corrected chi connectivity index (χ3v) is 3.67. The van der Waals surface area contributed by atoms with Crippen LogP contribution in [-0.2, 0) is 17.7 Å². The summed E-state index contributed by atoms with van der Waals surface area (Å²) in [6, 6.07) is 0.587. The van der Waals surface area contributed by atoms with E-state index < -0.39 is 6.41 Å². The van der Waals surface area contributed by atoms with E-state index in [1.54, 1.807) is 0 Å². The highest BCUT2D eigenvalue weighted by Gasteiger charge is 2.32. The van der Waals surface area contributed by atoms with Crippen molar-refractivity contribution in [1.29, 1.82) is 0 Å². The molecule has 0 radical (unpaired) electrons. The van der Waals surface area contributed by atoms with Crippen molar-refractivity contribution in [2.75, 3.05) is 6.54 Å². The van der Waals surface area contributed by atoms with Crippen LogP contribution in [0.25, 0.3) is 0 Å². The van der Waals surface area contributed by atoms with Gasteiger partial charge in [-0.2, -0.15) is 5.10 Å². The van der Waals surface area contributed by atoms with Gasteiger partial charge in [0, 0.05) is 13.1 Å². The highest BCUT2D eigenvalue weighted by molar-refractivity contribution is 5.22. The summed E-state index contributed by atoms with van der Waals surface area (Å²) in [7, 11) is 0. The topological polar surface area (TPSA) is 50.5 Å². The van der Waals surface area contributed by atoms with E-state index in [-0.39, 0.29) is 5.60 Å². The van der Waals surface area contributed by atoms with E-state index in [0.29, 0.717) is 6.04 Å². The zero-order chi connectivity index (χ0) is 13.6. The van der Waals surface area contributed by atoms with E-state index in [1.807, 2.05) is 31.9 Å². The van der Waals surface area contributed by atoms with Gasteiger partial charge < -0.3 is 9.84 Å². The summed E-state index contributed by atoms with van der Waals surface area (Å²) in [6.07, 6.45) is 4.55. The first-order valence-corrected chi connectivity index (χ1v) is 7.09. The highest BCUT2D eigenvalue weighted by atomic mass is 16.6. The van der Waals surface area contributed by atoms with Crippen molar-refractivity contribution in [2.24, 2.45) is 0 Å². The van der Waals surface area contributed by atoms with Crippen molar-refractivity contribution >= 4 is 0 Å². The zero-order valence-electron chi connectivity index (χ0n) is 12.0. The van der Waals surface area contributed by atoms with Gasteiger partial charge in [-0.05, 0) is 45.6 Å². The Hall–Kier alpha value is -0.910. The van der Waals surface area contributed by atoms with Crippen molar-refractivity contribution in [3.8, 4) is 0 Å². The molecule has 0 saturated heterocycles. The lowest BCUT2D eigenvalue weighted by Crippen LogP contribution is -2.44. The van der Waals surface area contributed by atoms with E-state index in [2.05, 4.69) is 9.78 Å². The van der Waals surface area contributed by atoms with Crippen LogP contribution in [0.5, 0.6) is 0 Å². The van der Waals surface area contributed by atoms with Crippen LogP contribution in [-0.4, -0.2) is 38.3 Å². The van der Waals surface area contributed by atoms with Crippen LogP contribution in [0.4, 0.5) is 0 Å². The van der Waals surface area contributed by atoms with Crippen molar-refractivity contribution in [1.82, 2.24) is 14.7 Å². The first-order chi connectivity index (χ1) is 8.94. The van der Waals surface area contributed by atoms with Crippen LogP contribution >= 0.6 is 0 Å². The number of hydrogen-bond donors (Lipinski definition) is 1. The molecule has 1 unspecified atom stereocenters. The molecule has 2 heterocycles. The normalized spacial score (nSPS) is 22.3. The average molecular weight is 265 g/mol. The Morgan fingerprint density at radius 1 is 1.42 bits per heavy atom. The summed E-state index contributed by atoms with van der Waals surface area (Å²) in [6.45, 7) is 7.42. The van der Waals surface area contributed by atoms with Crippen LogP contribution in [0, 0.1) is 0 Å². The van der Waals surface area contributed by atoms with Crippen molar-refractivity contribution in [2.45, 2.75) is 64.6 Å². The molecule has 19 heavy (non-hydrogen) atoms. The Morgan fingerprint density at radius 2 is 2.16 bits per heavy atom. The van der Waals surface area contributed by atoms with Gasteiger partial charge in [0.2, 0.25) is 6.41 Å². The van der Waals surface area contributed by atoms with Crippen LogP contribution in [0.3, 0.4) is 0 Å². The molecule has 2 aliphatic rings. The summed E-state index contributed by atoms with van der Waals surface area (Å²) in [5, 5.41) is 14.7. The monoisotopic (exact) mass is 265 g/mol. The van der Waals surface area contributed by atoms with Gasteiger partial charge in [0.05, 0.1) is 23.5 Å². The first-order valence-electron chi connectivity index (χ1n) is 7.09. The molecule has 1 N–H and O–H groups in total. The maximum atomic E-state index is 10.2. The quantitative estimate of drug-likeness (QED) is 0.845. The van der Waals surface area contributed by atoms with Crippen LogP contribution in [0.1, 0.15) is 50.9 Å². The SMILES string of the molecule is CC(C)(C)OC(O)N1CCc2cnn(C3CC3)c2C1. The second kappa shape index (κ2) is 4.58. The summed E-state index contributed by atoms with van der Waals surface area (Å²) >= 11 is 0. The van der Waals surface area contributed by atoms with Gasteiger partial charge >= 0.3 is 0 Å². The van der Waals surface area contributed by atoms with Crippen LogP contribution < -0.4 is 0 Å². The van der Waals surface area contributed by atoms with Crippen molar-refractivity contribution in [3.63, 3.8) is 0 Å². The van der Waals surface area contributed by atoms with Gasteiger partial charge in [-0.25, -0.2) is 4.90 Å². The second-order valence-corrected chi connectivity index (χ2v) is 6.57. The number of aromatic nitrogens is 2. The Bertz CT molecular complexity index is 460. The van der Waals surface area contributed by atoms with Crippen LogP contribution in [0.2, 0.25) is 0 Å². The molecular formula is C14H23N3O2. The fourth-order valence-electron chi connectivity index (χ4n) is 2.55. The smallest absolute Gasteiger partial charge is 0.216 e. The highest BCUT2D eigenvalue weighted by Crippen LogP contribution is 2.37. The Balaban J connectivity index is 1.72. The van der Waals surface area contributed by atoms with Gasteiger partial charge in [-0.1, -0.05) is 0 Å². The first kappa shape index (κ1) is 13.1. The molecule has 3 rings (SSSR count). The Kier molecular flexibility index (Phi) is 3.15. The van der Waals surface area contributed by atoms with E-state index in [0.717, 1.165) is 19.5 Å². The molecule has 1 fully saturated rings. The summed E-state index contributed by atoms with van der Waals surface area (Å²) in [4.78, 5) is 1.98. The summed E-state index contributed by atoms with van der Waals surface area (Å²) in [5.41, 5.74) is 2.24. The molecule has 1 aromatic heterocycles. The van der Waals surface area contributed by atoms with Gasteiger partial charge in [0.15, 0.2) is 0 Å². The minimum absolute atomic E-state index is 0.337. The second-order valence-electron chi connectivity index (χ2n) is 6.57. The van der Waals surface area contributed by atoms with Gasteiger partial charge in [-0.15, -0.1) is 0 Å². The molecular weight excluding hydrogens is 242 g/mol. The molecule has 0 bridgehead atoms. The lowest BCUT2D eigenvalue weighted by Gasteiger charge is -2.34. The van der Waals surface area contributed by atoms with Gasteiger partial charge in [0.25, 0.3) is 0 Å². The molecule has 1 aliphatic heterocycles. The third-order valence-electron chi connectivity index (χ3n) is 3.67. The number of nitrogens with zero attached hydrogens (tertiary/aromatic N) is 3. The predicted molar refractivity (Wildman–Crippen MR) is 71.5 cm³/mol. The van der Waals surface area contributed by atoms with E-state index >= 15 is 0 Å². The number of hydrogen-bond acceptors (Lipinski definition) is 4. The molecule has 5 nitrogen and oxygen atoms in total. The minimum Gasteiger partial charge on any atom is -0.356 e. The molecule has 1 aromatic rings. The standard InChI is InChI=1S/C14H23N3O2/c1-14(2,3)19-13(18)16-7-6-10-8-15-17(11-4-5-11)12(10)9-16/h8,11,13,18H,4-7,9H2,1-3H3. The van der Waals surface area contributed by atoms with E-state index in [1.165, 1.54) is 24.1 Å². The van der Waals surface area contributed by atoms with Gasteiger partial charge in [-0.3, -0.25) is 4.68 Å². The maximum Gasteiger partial charge on any atom is 0.216 e. The fourth-order valence-corrected chi connectivity index (χ4v) is 2.55. The van der Waals surface area contributed by atoms with Gasteiger partial charge in [0.1, 0.15) is 0 Å². The minimum atomic E-state index is -0.837. The third kappa shape index (κ3) is 2.83. The maximum absolute atomic E-state index is 10.2. The molecule has 5 heteroatoms. The lowest BCUT2D eigenvalue weighted by molar-refractivity contribution is -0.243. The molecule has 106 valence electrons. The summed E-state index contributed by atoms with van der Waals surface area (Å²) in [5.74, 6) is 0. The van der Waals surface area contributed by atoms with E-state index in [9.17, 15) is 5.11 Å². The molecule has 0 aromatic carbocycles. The largest absolute Gasteiger partial charge is 0.356 e. The lowest BCUT2D eigenvalue weighted by atomic mass is 10.1. The number of aliphatic hydroxyl groups excluding tert-OH is 1. The number of aliphatic hydroxyl groups is 1. The van der Waals surface area contributed by atoms with Crippen molar-refractivity contribution in [3.05, 3.63) is 17.5 Å². The number of ether oxygens (including phenoxy) is 1. The predicted octanol–water partition coefficient (Wildman–Crippen LogP) is 1.67. The molecule has 1 aliphatic carbocycles. The molecule has 0 spiro atoms. The van der Waals surface area contributed by atoms with Crippen LogP contribution in [0.15, 0.2) is 6.20 Å². The average Bonchev–Trinajstić information content (AvgIpc) is 3.06. The Morgan fingerprint density at radius 3 is 2.79 bits per heavy atom. The number of rotatable bonds is 3. The molecule has 1 saturated carbocycles. The van der Waals surface area contributed by atoms with Crippen molar-refractivity contribution < 1.29 is 9.84 Å². The Labute approximate surface area is 114 Å².